The van der Waals surface area contributed by atoms with Gasteiger partial charge in [0.1, 0.15) is 0 Å². The van der Waals surface area contributed by atoms with Crippen molar-refractivity contribution in [3.63, 3.8) is 0 Å². The molecule has 0 atom stereocenters. The zero-order chi connectivity index (χ0) is 18.9. The van der Waals surface area contributed by atoms with Crippen LogP contribution in [0, 0.1) is 0 Å². The third-order valence-corrected chi connectivity index (χ3v) is 5.21. The molecule has 27 heavy (non-hydrogen) atoms. The van der Waals surface area contributed by atoms with E-state index in [9.17, 15) is 0 Å². The largest absolute Gasteiger partial charge is 1.00 e. The van der Waals surface area contributed by atoms with Gasteiger partial charge < -0.3 is 21.5 Å². The van der Waals surface area contributed by atoms with Crippen molar-refractivity contribution in [3.8, 4) is 0 Å². The van der Waals surface area contributed by atoms with E-state index >= 15 is 0 Å². The van der Waals surface area contributed by atoms with Crippen LogP contribution in [0.25, 0.3) is 0 Å². The zero-order valence-electron chi connectivity index (χ0n) is 18.1. The summed E-state index contributed by atoms with van der Waals surface area (Å²) in [5, 5.41) is 0. The molecule has 1 rings (SSSR count). The van der Waals surface area contributed by atoms with Crippen LogP contribution < -0.4 is 17.0 Å². The molecule has 1 aromatic rings. The summed E-state index contributed by atoms with van der Waals surface area (Å²) in [5.74, 6) is 0. The van der Waals surface area contributed by atoms with Crippen molar-refractivity contribution in [1.82, 2.24) is 0 Å². The third-order valence-electron chi connectivity index (χ3n) is 5.21. The smallest absolute Gasteiger partial charge is 0.0800 e. The van der Waals surface area contributed by atoms with Gasteiger partial charge in [0.05, 0.1) is 27.2 Å². The summed E-state index contributed by atoms with van der Waals surface area (Å²) in [6.45, 7) is 5.76. The average molecular weight is 440 g/mol. The molecule has 0 bridgehead atoms. The summed E-state index contributed by atoms with van der Waals surface area (Å²) in [6.07, 6.45) is 17.4. The first-order valence-electron chi connectivity index (χ1n) is 11.0. The topological polar surface area (TPSA) is 12.4 Å². The number of hydrogen-bond donors (Lipinski definition) is 0. The molecule has 0 N–H and O–H groups in total. The molecule has 0 aliphatic carbocycles. The van der Waals surface area contributed by atoms with Gasteiger partial charge in [0.15, 0.2) is 0 Å². The molecule has 3 heteroatoms. The molecule has 0 aliphatic rings. The highest BCUT2D eigenvalue weighted by Crippen LogP contribution is 2.12. The molecule has 0 saturated heterocycles. The van der Waals surface area contributed by atoms with Crippen LogP contribution >= 0.6 is 0 Å². The van der Waals surface area contributed by atoms with Crippen molar-refractivity contribution < 1.29 is 21.5 Å². The number of unbranched alkanes of at least 4 members (excludes halogenated alkanes) is 9. The molecule has 0 aliphatic heterocycles. The molecule has 1 aromatic carbocycles. The molecule has 156 valence electrons. The molecule has 0 fully saturated rings. The maximum absolute atomic E-state index is 4.57. The van der Waals surface area contributed by atoms with Gasteiger partial charge in [0, 0.05) is 19.2 Å². The van der Waals surface area contributed by atoms with Crippen molar-refractivity contribution in [2.45, 2.75) is 77.6 Å². The Morgan fingerprint density at radius 1 is 0.741 bits per heavy atom. The predicted octanol–water partition coefficient (Wildman–Crippen LogP) is 3.50. The van der Waals surface area contributed by atoms with E-state index in [1.54, 1.807) is 0 Å². The summed E-state index contributed by atoms with van der Waals surface area (Å²) < 4.78 is 1.14. The summed E-state index contributed by atoms with van der Waals surface area (Å²) in [6, 6.07) is 10.4. The molecule has 0 aromatic heterocycles. The Kier molecular flexibility index (Phi) is 17.0. The molecule has 0 spiro atoms. The quantitative estimate of drug-likeness (QED) is 0.212. The Morgan fingerprint density at radius 2 is 1.26 bits per heavy atom. The van der Waals surface area contributed by atoms with E-state index in [0.717, 1.165) is 11.0 Å². The van der Waals surface area contributed by atoms with Crippen molar-refractivity contribution >= 4 is 6.21 Å². The Bertz CT molecular complexity index is 457. The fraction of sp³-hybridized carbons (Fsp3) is 0.708. The zero-order valence-corrected chi connectivity index (χ0v) is 19.7. The second-order valence-electron chi connectivity index (χ2n) is 8.36. The Labute approximate surface area is 179 Å². The first kappa shape index (κ1) is 26.3. The molecule has 2 nitrogen and oxygen atoms in total. The van der Waals surface area contributed by atoms with Gasteiger partial charge in [-0.2, -0.15) is 0 Å². The lowest BCUT2D eigenvalue weighted by molar-refractivity contribution is -0.890. The van der Waals surface area contributed by atoms with E-state index in [-0.39, 0.29) is 17.0 Å². The Morgan fingerprint density at radius 3 is 1.85 bits per heavy atom. The minimum atomic E-state index is 0. The maximum Gasteiger partial charge on any atom is 0.0800 e. The van der Waals surface area contributed by atoms with Gasteiger partial charge in [-0.05, 0) is 18.4 Å². The SMILES string of the molecule is CCCCCCCCCCCC[N+](C)(C)CCCN=Cc1ccccc1.[Br-]. The van der Waals surface area contributed by atoms with Gasteiger partial charge in [-0.25, -0.2) is 0 Å². The lowest BCUT2D eigenvalue weighted by atomic mass is 10.1. The molecule has 0 unspecified atom stereocenters. The van der Waals surface area contributed by atoms with Crippen LogP contribution in [-0.4, -0.2) is 44.4 Å². The monoisotopic (exact) mass is 438 g/mol. The van der Waals surface area contributed by atoms with Crippen molar-refractivity contribution in [1.29, 1.82) is 0 Å². The van der Waals surface area contributed by atoms with Gasteiger partial charge >= 0.3 is 0 Å². The molecule has 0 amide bonds. The second-order valence-corrected chi connectivity index (χ2v) is 8.36. The van der Waals surface area contributed by atoms with Crippen LogP contribution in [0.3, 0.4) is 0 Å². The van der Waals surface area contributed by atoms with Crippen LogP contribution in [0.4, 0.5) is 0 Å². The number of benzene rings is 1. The Hall–Kier alpha value is -0.670. The second kappa shape index (κ2) is 17.4. The van der Waals surface area contributed by atoms with Crippen molar-refractivity contribution in [2.24, 2.45) is 4.99 Å². The first-order valence-corrected chi connectivity index (χ1v) is 11.0. The minimum Gasteiger partial charge on any atom is -1.00 e. The number of rotatable bonds is 16. The van der Waals surface area contributed by atoms with Crippen LogP contribution in [0.1, 0.15) is 83.1 Å². The molecular formula is C24H43BrN2. The summed E-state index contributed by atoms with van der Waals surface area (Å²) >= 11 is 0. The van der Waals surface area contributed by atoms with Gasteiger partial charge in [-0.3, -0.25) is 4.99 Å². The van der Waals surface area contributed by atoms with Crippen LogP contribution in [0.15, 0.2) is 35.3 Å². The van der Waals surface area contributed by atoms with Gasteiger partial charge in [-0.1, -0.05) is 88.6 Å². The maximum atomic E-state index is 4.57. The van der Waals surface area contributed by atoms with Gasteiger partial charge in [0.2, 0.25) is 0 Å². The van der Waals surface area contributed by atoms with Gasteiger partial charge in [-0.15, -0.1) is 0 Å². The highest BCUT2D eigenvalue weighted by atomic mass is 79.9. The standard InChI is InChI=1S/C24H43N2.BrH/c1-4-5-6-7-8-9-10-11-12-16-21-26(2,3)22-17-20-25-23-24-18-14-13-15-19-24;/h13-15,18-19,23H,4-12,16-17,20-22H2,1-3H3;1H/q+1;/p-1. The van der Waals surface area contributed by atoms with Crippen LogP contribution in [0.2, 0.25) is 0 Å². The minimum absolute atomic E-state index is 0. The average Bonchev–Trinajstić information content (AvgIpc) is 2.64. The van der Waals surface area contributed by atoms with E-state index < -0.39 is 0 Å². The van der Waals surface area contributed by atoms with E-state index in [4.69, 9.17) is 0 Å². The molecule has 0 heterocycles. The molecule has 0 saturated carbocycles. The van der Waals surface area contributed by atoms with E-state index in [2.05, 4.69) is 50.3 Å². The van der Waals surface area contributed by atoms with Crippen LogP contribution in [0.5, 0.6) is 0 Å². The van der Waals surface area contributed by atoms with Gasteiger partial charge in [0.25, 0.3) is 0 Å². The summed E-state index contributed by atoms with van der Waals surface area (Å²) in [4.78, 5) is 4.57. The molecule has 0 radical (unpaired) electrons. The van der Waals surface area contributed by atoms with E-state index in [1.807, 2.05) is 12.3 Å². The van der Waals surface area contributed by atoms with E-state index in [1.165, 1.54) is 89.3 Å². The number of hydrogen-bond acceptors (Lipinski definition) is 1. The van der Waals surface area contributed by atoms with E-state index in [0.29, 0.717) is 0 Å². The van der Waals surface area contributed by atoms with Crippen molar-refractivity contribution in [2.75, 3.05) is 33.7 Å². The fourth-order valence-electron chi connectivity index (χ4n) is 3.44. The Balaban J connectivity index is 0.00000676. The number of halogens is 1. The summed E-state index contributed by atoms with van der Waals surface area (Å²) in [5.41, 5.74) is 1.20. The predicted molar refractivity (Wildman–Crippen MR) is 117 cm³/mol. The lowest BCUT2D eigenvalue weighted by Crippen LogP contribution is -3.00. The van der Waals surface area contributed by atoms with Crippen LogP contribution in [-0.2, 0) is 0 Å². The lowest BCUT2D eigenvalue weighted by Gasteiger charge is -2.29. The molecular weight excluding hydrogens is 396 g/mol. The number of quaternary nitrogens is 1. The number of nitrogens with zero attached hydrogens (tertiary/aromatic N) is 2. The fourth-order valence-corrected chi connectivity index (χ4v) is 3.44. The highest BCUT2D eigenvalue weighted by molar-refractivity contribution is 5.79. The number of aliphatic imine (C=N–C) groups is 1. The highest BCUT2D eigenvalue weighted by Gasteiger charge is 2.13. The summed E-state index contributed by atoms with van der Waals surface area (Å²) in [7, 11) is 4.74. The van der Waals surface area contributed by atoms with Crippen molar-refractivity contribution in [3.05, 3.63) is 35.9 Å². The third kappa shape index (κ3) is 16.0. The normalized spacial score (nSPS) is 11.7. The first-order chi connectivity index (χ1) is 12.6.